The molecule has 0 spiro atoms. The minimum atomic E-state index is -1.50. The van der Waals surface area contributed by atoms with Gasteiger partial charge in [-0.2, -0.15) is 0 Å². The lowest BCUT2D eigenvalue weighted by Crippen LogP contribution is -2.58. The number of rotatable bonds is 1. The van der Waals surface area contributed by atoms with E-state index in [0.717, 1.165) is 47.4 Å². The summed E-state index contributed by atoms with van der Waals surface area (Å²) in [4.78, 5) is 23.8. The van der Waals surface area contributed by atoms with Crippen molar-refractivity contribution < 1.29 is 24.2 Å². The van der Waals surface area contributed by atoms with Gasteiger partial charge in [0.1, 0.15) is 6.10 Å². The van der Waals surface area contributed by atoms with E-state index in [-0.39, 0.29) is 23.7 Å². The first kappa shape index (κ1) is 20.2. The fraction of sp³-hybridized carbons (Fsp3) is 0.667. The lowest BCUT2D eigenvalue weighted by atomic mass is 9.91. The van der Waals surface area contributed by atoms with Crippen molar-refractivity contribution in [1.29, 1.82) is 0 Å². The maximum Gasteiger partial charge on any atom is 0.331 e. The van der Waals surface area contributed by atoms with Crippen LogP contribution >= 0.6 is 34.4 Å². The third kappa shape index (κ3) is 5.46. The summed E-state index contributed by atoms with van der Waals surface area (Å²) in [6, 6.07) is -0.488. The van der Waals surface area contributed by atoms with E-state index in [4.69, 9.17) is 9.47 Å². The third-order valence-corrected chi connectivity index (χ3v) is 6.54. The smallest absolute Gasteiger partial charge is 0.331 e. The van der Waals surface area contributed by atoms with Gasteiger partial charge in [0.2, 0.25) is 0 Å². The monoisotopic (exact) mass is 493 g/mol. The number of carbonyl (C=O) groups is 2. The zero-order chi connectivity index (χ0) is 18.6. The minimum Gasteiger partial charge on any atom is -0.459 e. The molecule has 3 rings (SSSR count). The summed E-state index contributed by atoms with van der Waals surface area (Å²) in [6.07, 6.45) is 10.3. The summed E-state index contributed by atoms with van der Waals surface area (Å²) >= 11 is 3.30. The second-order valence-electron chi connectivity index (χ2n) is 6.91. The molecule has 6 nitrogen and oxygen atoms in total. The number of aliphatic hydroxyl groups is 1. The van der Waals surface area contributed by atoms with E-state index in [0.29, 0.717) is 12.2 Å². The van der Waals surface area contributed by atoms with Crippen molar-refractivity contribution in [3.8, 4) is 0 Å². The van der Waals surface area contributed by atoms with E-state index < -0.39 is 17.9 Å². The van der Waals surface area contributed by atoms with Crippen LogP contribution in [0.3, 0.4) is 0 Å². The molecule has 0 radical (unpaired) electrons. The van der Waals surface area contributed by atoms with Gasteiger partial charge in [0, 0.05) is 24.7 Å². The van der Waals surface area contributed by atoms with Gasteiger partial charge in [0.05, 0.1) is 12.1 Å². The maximum atomic E-state index is 12.2. The third-order valence-electron chi connectivity index (χ3n) is 4.81. The Morgan fingerprint density at radius 3 is 2.85 bits per heavy atom. The summed E-state index contributed by atoms with van der Waals surface area (Å²) in [5.74, 6) is -1.44. The van der Waals surface area contributed by atoms with E-state index in [9.17, 15) is 14.7 Å². The molecule has 0 saturated carbocycles. The molecule has 1 amide bonds. The number of amides is 1. The van der Waals surface area contributed by atoms with Crippen LogP contribution in [0.1, 0.15) is 44.9 Å². The molecule has 26 heavy (non-hydrogen) atoms. The first-order chi connectivity index (χ1) is 12.4. The quantitative estimate of drug-likeness (QED) is 0.331. The number of fused-ring (bicyclic) bond motifs is 2. The van der Waals surface area contributed by atoms with Crippen LogP contribution in [0.15, 0.2) is 21.8 Å². The molecule has 3 aliphatic heterocycles. The maximum absolute atomic E-state index is 12.2. The normalized spacial score (nSPS) is 39.9. The highest BCUT2D eigenvalue weighted by molar-refractivity contribution is 14.1. The van der Waals surface area contributed by atoms with Gasteiger partial charge in [0.25, 0.3) is 5.24 Å². The van der Waals surface area contributed by atoms with Crippen LogP contribution in [0.25, 0.3) is 0 Å². The predicted molar refractivity (Wildman–Crippen MR) is 108 cm³/mol. The molecule has 1 unspecified atom stereocenters. The Labute approximate surface area is 171 Å². The topological polar surface area (TPSA) is 84.9 Å². The van der Waals surface area contributed by atoms with Crippen molar-refractivity contribution in [2.75, 3.05) is 5.75 Å². The van der Waals surface area contributed by atoms with Crippen LogP contribution in [0.4, 0.5) is 4.79 Å². The van der Waals surface area contributed by atoms with Gasteiger partial charge in [-0.1, -0.05) is 23.9 Å². The molecule has 0 aromatic rings. The summed E-state index contributed by atoms with van der Waals surface area (Å²) in [5, 5.41) is 13.7. The minimum absolute atomic E-state index is 0.160. The number of hydrogen-bond acceptors (Lipinski definition) is 6. The van der Waals surface area contributed by atoms with E-state index >= 15 is 0 Å². The molecule has 2 fully saturated rings. The van der Waals surface area contributed by atoms with E-state index in [1.807, 2.05) is 0 Å². The molecule has 2 saturated heterocycles. The molecule has 2 N–H and O–H groups in total. The van der Waals surface area contributed by atoms with Gasteiger partial charge >= 0.3 is 5.97 Å². The Kier molecular flexibility index (Phi) is 7.04. The molecular weight excluding hydrogens is 469 g/mol. The highest BCUT2D eigenvalue weighted by atomic mass is 127. The highest BCUT2D eigenvalue weighted by Crippen LogP contribution is 2.36. The lowest BCUT2D eigenvalue weighted by molar-refractivity contribution is -0.283. The van der Waals surface area contributed by atoms with Crippen LogP contribution in [-0.4, -0.2) is 46.1 Å². The first-order valence-electron chi connectivity index (χ1n) is 9.00. The van der Waals surface area contributed by atoms with Crippen molar-refractivity contribution in [1.82, 2.24) is 5.32 Å². The van der Waals surface area contributed by atoms with E-state index in [1.54, 1.807) is 0 Å². The van der Waals surface area contributed by atoms with Gasteiger partial charge in [0.15, 0.2) is 5.79 Å². The molecule has 0 aliphatic carbocycles. The molecule has 144 valence electrons. The summed E-state index contributed by atoms with van der Waals surface area (Å²) in [6.45, 7) is 0. The zero-order valence-corrected chi connectivity index (χ0v) is 17.5. The molecular formula is C18H24INO5S. The van der Waals surface area contributed by atoms with Crippen LogP contribution in [-0.2, 0) is 14.3 Å². The van der Waals surface area contributed by atoms with Crippen LogP contribution < -0.4 is 5.32 Å². The van der Waals surface area contributed by atoms with Gasteiger partial charge in [-0.15, -0.1) is 0 Å². The summed E-state index contributed by atoms with van der Waals surface area (Å²) < 4.78 is 12.6. The first-order valence-corrected chi connectivity index (χ1v) is 11.1. The molecule has 2 bridgehead atoms. The number of nitrogens with one attached hydrogen (secondary N) is 1. The predicted octanol–water partition coefficient (Wildman–Crippen LogP) is 3.43. The number of halogens is 1. The standard InChI is InChI=1S/C18H24INO5S/c19-12-6-4-2-1-3-5-7-13-9-14(24-16(21)8-12)10-18(23,25-13)15-11-26-17(22)20-15/h1-2,8,13-15,23H,3-7,9-11H2,(H,20,22)/b2-1+,12-8+/t13?,14-,15+,18-/m1/s1. The molecule has 4 atom stereocenters. The number of carbonyl (C=O) groups excluding carboxylic acids is 2. The van der Waals surface area contributed by atoms with E-state index in [2.05, 4.69) is 40.1 Å². The van der Waals surface area contributed by atoms with Crippen molar-refractivity contribution in [2.24, 2.45) is 0 Å². The van der Waals surface area contributed by atoms with Crippen LogP contribution in [0.5, 0.6) is 0 Å². The van der Waals surface area contributed by atoms with Crippen LogP contribution in [0.2, 0.25) is 0 Å². The Hall–Kier alpha value is -0.580. The second kappa shape index (κ2) is 9.07. The number of ether oxygens (including phenoxy) is 2. The number of thioether (sulfide) groups is 1. The Bertz CT molecular complexity index is 610. The Morgan fingerprint density at radius 1 is 1.27 bits per heavy atom. The van der Waals surface area contributed by atoms with Crippen molar-refractivity contribution in [3.05, 3.63) is 21.8 Å². The number of esters is 1. The average molecular weight is 493 g/mol. The van der Waals surface area contributed by atoms with Crippen molar-refractivity contribution in [3.63, 3.8) is 0 Å². The molecule has 3 heterocycles. The molecule has 8 heteroatoms. The second-order valence-corrected chi connectivity index (χ2v) is 9.29. The van der Waals surface area contributed by atoms with Gasteiger partial charge in [-0.3, -0.25) is 4.79 Å². The van der Waals surface area contributed by atoms with Crippen LogP contribution in [0, 0.1) is 0 Å². The summed E-state index contributed by atoms with van der Waals surface area (Å²) in [7, 11) is 0. The zero-order valence-electron chi connectivity index (χ0n) is 14.5. The van der Waals surface area contributed by atoms with E-state index in [1.165, 1.54) is 6.08 Å². The van der Waals surface area contributed by atoms with Crippen molar-refractivity contribution in [2.45, 2.75) is 69.0 Å². The van der Waals surface area contributed by atoms with Gasteiger partial charge in [-0.05, 0) is 58.3 Å². The van der Waals surface area contributed by atoms with Gasteiger partial charge < -0.3 is 19.9 Å². The fourth-order valence-corrected chi connectivity index (χ4v) is 4.98. The average Bonchev–Trinajstić information content (AvgIpc) is 3.00. The lowest BCUT2D eigenvalue weighted by Gasteiger charge is -2.43. The SMILES string of the molecule is O=C1/C=C(/I)CC/C=C/CCCC2C[C@H](C[C@](O)([C@@H]3CSC(=O)N3)O2)O1. The Morgan fingerprint density at radius 2 is 2.08 bits per heavy atom. The molecule has 3 aliphatic rings. The molecule has 0 aromatic carbocycles. The highest BCUT2D eigenvalue weighted by Gasteiger charge is 2.49. The fourth-order valence-electron chi connectivity index (χ4n) is 3.52. The van der Waals surface area contributed by atoms with Gasteiger partial charge in [-0.25, -0.2) is 4.79 Å². The summed E-state index contributed by atoms with van der Waals surface area (Å²) in [5.41, 5.74) is 0. The molecule has 0 aromatic heterocycles. The Balaban J connectivity index is 1.76. The number of allylic oxidation sites excluding steroid dienone is 3. The van der Waals surface area contributed by atoms with Crippen molar-refractivity contribution >= 4 is 45.6 Å². The number of hydrogen-bond donors (Lipinski definition) is 2. The largest absolute Gasteiger partial charge is 0.459 e.